The van der Waals surface area contributed by atoms with Crippen LogP contribution in [-0.2, 0) is 30.5 Å². The minimum atomic E-state index is -3.92. The topological polar surface area (TPSA) is 83.2 Å². The van der Waals surface area contributed by atoms with Gasteiger partial charge in [-0.2, -0.15) is 35.6 Å². The number of benzene rings is 4. The molecule has 4 aromatic rings. The van der Waals surface area contributed by atoms with Gasteiger partial charge in [0.25, 0.3) is 0 Å². The van der Waals surface area contributed by atoms with E-state index in [1.807, 2.05) is 60.7 Å². The minimum absolute atomic E-state index is 0. The molecule has 4 aromatic carbocycles. The quantitative estimate of drug-likeness (QED) is 0.0713. The largest absolute Gasteiger partial charge is 0.748 e. The van der Waals surface area contributed by atoms with E-state index in [0.717, 1.165) is 16.8 Å². The van der Waals surface area contributed by atoms with Gasteiger partial charge >= 0.3 is 0 Å². The summed E-state index contributed by atoms with van der Waals surface area (Å²) in [7, 11) is -3.92. The van der Waals surface area contributed by atoms with Crippen LogP contribution in [0.4, 0.5) is 5.69 Å². The van der Waals surface area contributed by atoms with Crippen LogP contribution in [-0.4, -0.2) is 19.2 Å². The number of rotatable bonds is 5. The standard InChI is InChI=1S/C21H27.C12H10N.2C6H11.CH4O3S.H3P.Pd/c1-14(2)18-12-19(15(3)4)21(20(13-18)16(5)6)17-10-8-7-9-11-17;13-12-9-5-4-8-11(12)10-6-2-1-3-7-10;2*1-2-4-6-5-3-1;1-5(2,3)4;;/h7-10,12-16H,1-6H3;1-6,8-9H,13H2;2*1H,2-6H2;1H3,(H,2,3,4);1H3;/q4*-1;;;/p-1. The normalized spacial score (nSPS) is 13.6. The summed E-state index contributed by atoms with van der Waals surface area (Å²) in [5, 5.41) is 0. The Kier molecular flexibility index (Phi) is 26.9. The number of hydrogen-bond donors (Lipinski definition) is 1. The summed E-state index contributed by atoms with van der Waals surface area (Å²) < 4.78 is 27.2. The van der Waals surface area contributed by atoms with Gasteiger partial charge < -0.3 is 23.1 Å². The first-order chi connectivity index (χ1) is 24.3. The van der Waals surface area contributed by atoms with Crippen molar-refractivity contribution in [3.05, 3.63) is 127 Å². The first-order valence-corrected chi connectivity index (χ1v) is 20.6. The summed E-state index contributed by atoms with van der Waals surface area (Å²) >= 11 is 0. The van der Waals surface area contributed by atoms with E-state index in [1.165, 1.54) is 92.0 Å². The Morgan fingerprint density at radius 3 is 1.34 bits per heavy atom. The molecule has 2 aliphatic rings. The summed E-state index contributed by atoms with van der Waals surface area (Å²) in [5.41, 5.74) is 15.7. The number of nitrogens with two attached hydrogens (primary N) is 1. The molecule has 0 amide bonds. The maximum atomic E-state index is 9.08. The molecule has 4 nitrogen and oxygen atoms in total. The van der Waals surface area contributed by atoms with E-state index in [0.29, 0.717) is 24.0 Å². The van der Waals surface area contributed by atoms with Gasteiger partial charge in [0.15, 0.2) is 0 Å². The van der Waals surface area contributed by atoms with Gasteiger partial charge in [0.05, 0.1) is 10.1 Å². The molecule has 1 atom stereocenters. The maximum Gasteiger partial charge on any atom is 0.0916 e. The van der Waals surface area contributed by atoms with Crippen LogP contribution in [0.2, 0.25) is 0 Å². The Labute approximate surface area is 341 Å². The Morgan fingerprint density at radius 2 is 1.04 bits per heavy atom. The van der Waals surface area contributed by atoms with Crippen LogP contribution in [0, 0.1) is 25.0 Å². The smallest absolute Gasteiger partial charge is 0.0916 e. The molecule has 0 spiro atoms. The first-order valence-electron chi connectivity index (χ1n) is 18.8. The van der Waals surface area contributed by atoms with Gasteiger partial charge in [-0.05, 0) is 35.1 Å². The predicted octanol–water partition coefficient (Wildman–Crippen LogP) is 12.8. The van der Waals surface area contributed by atoms with Gasteiger partial charge in [-0.3, -0.25) is 0 Å². The molecule has 298 valence electrons. The second kappa shape index (κ2) is 28.1. The van der Waals surface area contributed by atoms with Crippen molar-refractivity contribution >= 4 is 25.7 Å². The van der Waals surface area contributed by atoms with Crippen molar-refractivity contribution in [2.24, 2.45) is 0 Å². The van der Waals surface area contributed by atoms with Gasteiger partial charge in [-0.15, -0.1) is 71.8 Å². The molecule has 0 aromatic heterocycles. The molecular weight excluding hydrogens is 784 g/mol. The summed E-state index contributed by atoms with van der Waals surface area (Å²) in [6, 6.07) is 35.4. The van der Waals surface area contributed by atoms with Gasteiger partial charge in [0.2, 0.25) is 0 Å². The van der Waals surface area contributed by atoms with Crippen molar-refractivity contribution in [2.45, 2.75) is 124 Å². The van der Waals surface area contributed by atoms with Crippen LogP contribution in [0.5, 0.6) is 0 Å². The third-order valence-electron chi connectivity index (χ3n) is 8.70. The third kappa shape index (κ3) is 21.4. The zero-order valence-corrected chi connectivity index (χ0v) is 37.1. The van der Waals surface area contributed by atoms with E-state index in [2.05, 4.69) is 90.8 Å². The summed E-state index contributed by atoms with van der Waals surface area (Å²) in [6.45, 7) is 13.7. The maximum absolute atomic E-state index is 9.08. The molecule has 0 radical (unpaired) electrons. The summed E-state index contributed by atoms with van der Waals surface area (Å²) in [4.78, 5) is 0. The van der Waals surface area contributed by atoms with Crippen LogP contribution in [0.25, 0.3) is 22.3 Å². The Morgan fingerprint density at radius 1 is 0.642 bits per heavy atom. The third-order valence-corrected chi connectivity index (χ3v) is 8.70. The zero-order valence-electron chi connectivity index (χ0n) is 33.3. The average molecular weight is 849 g/mol. The van der Waals surface area contributed by atoms with E-state index in [9.17, 15) is 0 Å². The second-order valence-corrected chi connectivity index (χ2v) is 15.6. The van der Waals surface area contributed by atoms with Crippen LogP contribution in [0.1, 0.15) is 140 Å². The Balaban J connectivity index is 0.000000716. The second-order valence-electron chi connectivity index (χ2n) is 14.2. The van der Waals surface area contributed by atoms with Crippen LogP contribution in [0.3, 0.4) is 0 Å². The van der Waals surface area contributed by atoms with Crippen molar-refractivity contribution in [1.82, 2.24) is 0 Å². The van der Waals surface area contributed by atoms with E-state index in [-0.39, 0.29) is 30.3 Å². The molecular formula is C46H65NO3PPdS-5. The molecule has 7 heteroatoms. The molecule has 0 bridgehead atoms. The molecule has 0 saturated heterocycles. The Hall–Kier alpha value is -2.32. The molecule has 53 heavy (non-hydrogen) atoms. The van der Waals surface area contributed by atoms with Gasteiger partial charge in [-0.25, -0.2) is 8.42 Å². The fourth-order valence-electron chi connectivity index (χ4n) is 5.92. The van der Waals surface area contributed by atoms with Crippen molar-refractivity contribution in [1.29, 1.82) is 0 Å². The van der Waals surface area contributed by atoms with Crippen LogP contribution in [0.15, 0.2) is 84.9 Å². The Bertz CT molecular complexity index is 1550. The summed E-state index contributed by atoms with van der Waals surface area (Å²) in [5.74, 6) is 1.60. The van der Waals surface area contributed by atoms with Gasteiger partial charge in [-0.1, -0.05) is 133 Å². The molecule has 0 heterocycles. The molecule has 1 unspecified atom stereocenters. The molecule has 2 aliphatic carbocycles. The fourth-order valence-corrected chi connectivity index (χ4v) is 5.92. The molecule has 2 fully saturated rings. The van der Waals surface area contributed by atoms with Crippen molar-refractivity contribution < 1.29 is 33.4 Å². The van der Waals surface area contributed by atoms with Crippen molar-refractivity contribution in [3.63, 3.8) is 0 Å². The average Bonchev–Trinajstić information content (AvgIpc) is 3.13. The fraction of sp³-hybridized carbons (Fsp3) is 0.435. The van der Waals surface area contributed by atoms with Crippen molar-refractivity contribution in [3.8, 4) is 22.3 Å². The van der Waals surface area contributed by atoms with E-state index in [4.69, 9.17) is 18.7 Å². The number of para-hydroxylation sites is 1. The van der Waals surface area contributed by atoms with Gasteiger partial charge in [0.1, 0.15) is 0 Å². The number of anilines is 1. The summed E-state index contributed by atoms with van der Waals surface area (Å²) in [6.07, 6.45) is 19.6. The van der Waals surface area contributed by atoms with Crippen molar-refractivity contribution in [2.75, 3.05) is 12.0 Å². The van der Waals surface area contributed by atoms with Gasteiger partial charge in [0, 0.05) is 26.7 Å². The monoisotopic (exact) mass is 848 g/mol. The molecule has 0 aliphatic heterocycles. The molecule has 6 rings (SSSR count). The number of nitrogen functional groups attached to an aromatic ring is 1. The minimum Gasteiger partial charge on any atom is -0.748 e. The molecule has 2 saturated carbocycles. The van der Waals surface area contributed by atoms with E-state index < -0.39 is 10.1 Å². The number of hydrogen-bond acceptors (Lipinski definition) is 4. The van der Waals surface area contributed by atoms with Crippen LogP contribution < -0.4 is 5.73 Å². The first kappa shape index (κ1) is 50.7. The van der Waals surface area contributed by atoms with E-state index >= 15 is 0 Å². The van der Waals surface area contributed by atoms with E-state index in [1.54, 1.807) is 0 Å². The molecule has 2 N–H and O–H groups in total. The SMILES string of the molecule is CC(C)c1cc(C(C)C)c(-c2[c-]cccc2)c(C(C)C)c1.CS(=O)(=O)[O-].Nc1ccccc1-c1[c-]cccc1.P.[CH-]1CCCCC1.[CH-]1CCCCC1.[Pd]. The zero-order chi connectivity index (χ0) is 37.6. The van der Waals surface area contributed by atoms with Crippen LogP contribution >= 0.6 is 9.90 Å². The predicted molar refractivity (Wildman–Crippen MR) is 230 cm³/mol.